The van der Waals surface area contributed by atoms with Gasteiger partial charge in [-0.2, -0.15) is 0 Å². The second kappa shape index (κ2) is 5.61. The Balaban J connectivity index is 1.94. The summed E-state index contributed by atoms with van der Waals surface area (Å²) in [5.74, 6) is 0.549. The molecular weight excluding hydrogens is 215 g/mol. The van der Waals surface area contributed by atoms with Crippen LogP contribution in [0.5, 0.6) is 0 Å². The van der Waals surface area contributed by atoms with Crippen LogP contribution >= 0.6 is 0 Å². The third-order valence-corrected chi connectivity index (χ3v) is 3.47. The number of hydrogen-bond acceptors (Lipinski definition) is 2. The van der Waals surface area contributed by atoms with Crippen LogP contribution in [-0.2, 0) is 0 Å². The van der Waals surface area contributed by atoms with Crippen molar-refractivity contribution in [2.45, 2.75) is 25.8 Å². The highest BCUT2D eigenvalue weighted by molar-refractivity contribution is 5.20. The van der Waals surface area contributed by atoms with Gasteiger partial charge in [-0.1, -0.05) is 19.1 Å². The fraction of sp³-hybridized carbons (Fsp3) is 0.571. The molecule has 0 amide bonds. The summed E-state index contributed by atoms with van der Waals surface area (Å²) in [5.41, 5.74) is 7.02. The Hall–Kier alpha value is -0.930. The van der Waals surface area contributed by atoms with Crippen molar-refractivity contribution in [3.63, 3.8) is 0 Å². The van der Waals surface area contributed by atoms with Gasteiger partial charge in [-0.05, 0) is 43.0 Å². The molecule has 0 aromatic heterocycles. The summed E-state index contributed by atoms with van der Waals surface area (Å²) in [6, 6.07) is 6.54. The first-order chi connectivity index (χ1) is 8.15. The summed E-state index contributed by atoms with van der Waals surface area (Å²) < 4.78 is 13.1. The quantitative estimate of drug-likeness (QED) is 0.874. The van der Waals surface area contributed by atoms with E-state index < -0.39 is 0 Å². The number of benzene rings is 1. The lowest BCUT2D eigenvalue weighted by molar-refractivity contribution is 0.174. The van der Waals surface area contributed by atoms with Gasteiger partial charge in [-0.15, -0.1) is 0 Å². The lowest BCUT2D eigenvalue weighted by Gasteiger charge is -2.32. The zero-order valence-corrected chi connectivity index (χ0v) is 10.4. The molecule has 1 aromatic rings. The highest BCUT2D eigenvalue weighted by Gasteiger charge is 2.18. The molecule has 1 heterocycles. The number of likely N-dealkylation sites (tertiary alicyclic amines) is 1. The van der Waals surface area contributed by atoms with E-state index >= 15 is 0 Å². The van der Waals surface area contributed by atoms with Crippen molar-refractivity contribution in [2.24, 2.45) is 11.7 Å². The maximum Gasteiger partial charge on any atom is 0.123 e. The van der Waals surface area contributed by atoms with Gasteiger partial charge in [0.2, 0.25) is 0 Å². The van der Waals surface area contributed by atoms with E-state index in [1.807, 2.05) is 6.07 Å². The van der Waals surface area contributed by atoms with Gasteiger partial charge < -0.3 is 10.6 Å². The van der Waals surface area contributed by atoms with Crippen molar-refractivity contribution in [2.75, 3.05) is 19.6 Å². The van der Waals surface area contributed by atoms with E-state index in [9.17, 15) is 4.39 Å². The van der Waals surface area contributed by atoms with Crippen molar-refractivity contribution < 1.29 is 4.39 Å². The minimum atomic E-state index is -0.204. The molecule has 2 rings (SSSR count). The molecule has 94 valence electrons. The monoisotopic (exact) mass is 236 g/mol. The Morgan fingerprint density at radius 1 is 1.53 bits per heavy atom. The van der Waals surface area contributed by atoms with E-state index in [0.29, 0.717) is 0 Å². The fourth-order valence-electron chi connectivity index (χ4n) is 2.57. The predicted octanol–water partition coefficient (Wildman–Crippen LogP) is 2.56. The Labute approximate surface area is 103 Å². The van der Waals surface area contributed by atoms with Crippen LogP contribution in [0.4, 0.5) is 4.39 Å². The van der Waals surface area contributed by atoms with Crippen molar-refractivity contribution >= 4 is 0 Å². The maximum atomic E-state index is 13.1. The lowest BCUT2D eigenvalue weighted by atomic mass is 9.99. The second-order valence-corrected chi connectivity index (χ2v) is 5.17. The van der Waals surface area contributed by atoms with Gasteiger partial charge in [0.1, 0.15) is 5.82 Å². The Kier molecular flexibility index (Phi) is 4.13. The molecule has 2 atom stereocenters. The number of piperidine rings is 1. The van der Waals surface area contributed by atoms with Gasteiger partial charge in [0.05, 0.1) is 0 Å². The third kappa shape index (κ3) is 3.51. The van der Waals surface area contributed by atoms with Crippen molar-refractivity contribution in [3.05, 3.63) is 35.6 Å². The standard InChI is InChI=1S/C14H21FN2/c1-11-4-3-7-17(9-11)10-14(16)12-5-2-6-13(15)8-12/h2,5-6,8,11,14H,3-4,7,9-10,16H2,1H3. The van der Waals surface area contributed by atoms with Crippen LogP contribution in [0.25, 0.3) is 0 Å². The van der Waals surface area contributed by atoms with Crippen molar-refractivity contribution in [1.82, 2.24) is 4.90 Å². The molecule has 3 heteroatoms. The number of halogens is 1. The molecule has 2 N–H and O–H groups in total. The van der Waals surface area contributed by atoms with Crippen LogP contribution in [0.3, 0.4) is 0 Å². The first-order valence-corrected chi connectivity index (χ1v) is 6.38. The van der Waals surface area contributed by atoms with E-state index in [2.05, 4.69) is 11.8 Å². The van der Waals surface area contributed by atoms with Gasteiger partial charge in [0.25, 0.3) is 0 Å². The molecule has 1 aromatic carbocycles. The normalized spacial score (nSPS) is 23.6. The molecular formula is C14H21FN2. The van der Waals surface area contributed by atoms with Gasteiger partial charge >= 0.3 is 0 Å². The van der Waals surface area contributed by atoms with E-state index in [1.165, 1.54) is 25.0 Å². The first kappa shape index (κ1) is 12.5. The van der Waals surface area contributed by atoms with Crippen LogP contribution in [0.2, 0.25) is 0 Å². The highest BCUT2D eigenvalue weighted by Crippen LogP contribution is 2.19. The van der Waals surface area contributed by atoms with Crippen LogP contribution in [0.15, 0.2) is 24.3 Å². The van der Waals surface area contributed by atoms with Crippen LogP contribution in [0.1, 0.15) is 31.4 Å². The van der Waals surface area contributed by atoms with Crippen LogP contribution in [0, 0.1) is 11.7 Å². The summed E-state index contributed by atoms with van der Waals surface area (Å²) in [6.45, 7) is 5.34. The summed E-state index contributed by atoms with van der Waals surface area (Å²) in [7, 11) is 0. The number of rotatable bonds is 3. The van der Waals surface area contributed by atoms with Gasteiger partial charge in [-0.25, -0.2) is 4.39 Å². The first-order valence-electron chi connectivity index (χ1n) is 6.38. The highest BCUT2D eigenvalue weighted by atomic mass is 19.1. The van der Waals surface area contributed by atoms with Gasteiger partial charge in [0.15, 0.2) is 0 Å². The largest absolute Gasteiger partial charge is 0.323 e. The molecule has 0 bridgehead atoms. The molecule has 1 aliphatic rings. The van der Waals surface area contributed by atoms with Crippen molar-refractivity contribution in [1.29, 1.82) is 0 Å². The molecule has 17 heavy (non-hydrogen) atoms. The van der Waals surface area contributed by atoms with E-state index in [1.54, 1.807) is 6.07 Å². The molecule has 0 saturated carbocycles. The fourth-order valence-corrected chi connectivity index (χ4v) is 2.57. The maximum absolute atomic E-state index is 13.1. The minimum Gasteiger partial charge on any atom is -0.323 e. The SMILES string of the molecule is CC1CCCN(CC(N)c2cccc(F)c2)C1. The van der Waals surface area contributed by atoms with E-state index in [0.717, 1.165) is 31.1 Å². The smallest absolute Gasteiger partial charge is 0.123 e. The number of hydrogen-bond donors (Lipinski definition) is 1. The summed E-state index contributed by atoms with van der Waals surface area (Å²) in [6.07, 6.45) is 2.56. The molecule has 1 fully saturated rings. The summed E-state index contributed by atoms with van der Waals surface area (Å²) in [4.78, 5) is 2.39. The zero-order chi connectivity index (χ0) is 12.3. The molecule has 1 saturated heterocycles. The van der Waals surface area contributed by atoms with Crippen LogP contribution < -0.4 is 5.73 Å². The molecule has 2 nitrogen and oxygen atoms in total. The minimum absolute atomic E-state index is 0.0870. The van der Waals surface area contributed by atoms with E-state index in [4.69, 9.17) is 5.73 Å². The molecule has 2 unspecified atom stereocenters. The Bertz CT molecular complexity index is 367. The van der Waals surface area contributed by atoms with E-state index in [-0.39, 0.29) is 11.9 Å². The van der Waals surface area contributed by atoms with Gasteiger partial charge in [-0.3, -0.25) is 0 Å². The lowest BCUT2D eigenvalue weighted by Crippen LogP contribution is -2.39. The predicted molar refractivity (Wildman–Crippen MR) is 68.2 cm³/mol. The Morgan fingerprint density at radius 2 is 2.35 bits per heavy atom. The average molecular weight is 236 g/mol. The summed E-state index contributed by atoms with van der Waals surface area (Å²) in [5, 5.41) is 0. The van der Waals surface area contributed by atoms with Crippen LogP contribution in [-0.4, -0.2) is 24.5 Å². The number of nitrogens with two attached hydrogens (primary N) is 1. The molecule has 0 spiro atoms. The average Bonchev–Trinajstić information content (AvgIpc) is 2.29. The third-order valence-electron chi connectivity index (χ3n) is 3.47. The van der Waals surface area contributed by atoms with Crippen molar-refractivity contribution in [3.8, 4) is 0 Å². The molecule has 0 aliphatic carbocycles. The Morgan fingerprint density at radius 3 is 3.06 bits per heavy atom. The summed E-state index contributed by atoms with van der Waals surface area (Å²) >= 11 is 0. The zero-order valence-electron chi connectivity index (χ0n) is 10.4. The molecule has 0 radical (unpaired) electrons. The van der Waals surface area contributed by atoms with Gasteiger partial charge in [0, 0.05) is 19.1 Å². The topological polar surface area (TPSA) is 29.3 Å². The second-order valence-electron chi connectivity index (χ2n) is 5.17. The number of nitrogens with zero attached hydrogens (tertiary/aromatic N) is 1. The molecule has 1 aliphatic heterocycles.